The molecule has 1 amide bonds. The lowest BCUT2D eigenvalue weighted by Crippen LogP contribution is -2.46. The number of hydrogen-bond donors (Lipinski definition) is 3. The molecule has 0 aromatic rings. The van der Waals surface area contributed by atoms with Crippen LogP contribution in [0.15, 0.2) is 0 Å². The molecule has 88 valence electrons. The molecular weight excluding hydrogens is 200 g/mol. The van der Waals surface area contributed by atoms with E-state index >= 15 is 0 Å². The molecule has 0 aromatic heterocycles. The predicted molar refractivity (Wildman–Crippen MR) is 54.4 cm³/mol. The van der Waals surface area contributed by atoms with Crippen molar-refractivity contribution < 1.29 is 19.4 Å². The molecule has 0 saturated heterocycles. The molecule has 0 fully saturated rings. The number of rotatable bonds is 4. The number of carboxylic acids is 1. The van der Waals surface area contributed by atoms with Crippen LogP contribution in [0.2, 0.25) is 0 Å². The first kappa shape index (κ1) is 13.7. The van der Waals surface area contributed by atoms with Crippen LogP contribution in [-0.2, 0) is 9.53 Å². The number of carbonyl (C=O) groups excluding carboxylic acids is 1. The van der Waals surface area contributed by atoms with E-state index in [0.717, 1.165) is 0 Å². The lowest BCUT2D eigenvalue weighted by Gasteiger charge is -2.19. The zero-order valence-electron chi connectivity index (χ0n) is 9.24. The minimum atomic E-state index is -1.18. The van der Waals surface area contributed by atoms with E-state index in [0.29, 0.717) is 0 Å². The number of aliphatic carboxylic acids is 1. The van der Waals surface area contributed by atoms with E-state index in [1.807, 2.05) is 20.8 Å². The summed E-state index contributed by atoms with van der Waals surface area (Å²) in [6.07, 6.45) is -0.761. The first-order chi connectivity index (χ1) is 6.76. The molecule has 6 nitrogen and oxygen atoms in total. The standard InChI is InChI=1S/C9H18N2O4/c1-9(2,3)5-15-8(14)11-6(4-10)7(12)13/h6H,4-5,10H2,1-3H3,(H,11,14)(H,12,13)/t6-/m0/s1. The van der Waals surface area contributed by atoms with Crippen molar-refractivity contribution >= 4 is 12.1 Å². The number of alkyl carbamates (subject to hydrolysis) is 1. The molecule has 6 heteroatoms. The third-order valence-corrected chi connectivity index (χ3v) is 1.46. The van der Waals surface area contributed by atoms with Crippen LogP contribution in [0, 0.1) is 5.41 Å². The van der Waals surface area contributed by atoms with Gasteiger partial charge in [0.1, 0.15) is 6.04 Å². The van der Waals surface area contributed by atoms with E-state index in [1.54, 1.807) is 0 Å². The van der Waals surface area contributed by atoms with Crippen molar-refractivity contribution in [2.45, 2.75) is 26.8 Å². The van der Waals surface area contributed by atoms with Crippen molar-refractivity contribution in [3.63, 3.8) is 0 Å². The molecule has 0 saturated carbocycles. The Bertz CT molecular complexity index is 235. The van der Waals surface area contributed by atoms with Gasteiger partial charge < -0.3 is 20.9 Å². The lowest BCUT2D eigenvalue weighted by atomic mass is 9.99. The van der Waals surface area contributed by atoms with Crippen LogP contribution in [0.1, 0.15) is 20.8 Å². The largest absolute Gasteiger partial charge is 0.480 e. The van der Waals surface area contributed by atoms with Gasteiger partial charge in [0.25, 0.3) is 0 Å². The summed E-state index contributed by atoms with van der Waals surface area (Å²) in [5.74, 6) is -1.18. The second-order valence-electron chi connectivity index (χ2n) is 4.41. The van der Waals surface area contributed by atoms with Gasteiger partial charge in [-0.15, -0.1) is 0 Å². The maximum Gasteiger partial charge on any atom is 0.407 e. The van der Waals surface area contributed by atoms with Crippen LogP contribution in [-0.4, -0.2) is 36.4 Å². The van der Waals surface area contributed by atoms with Crippen LogP contribution in [0.25, 0.3) is 0 Å². The van der Waals surface area contributed by atoms with Gasteiger partial charge in [0.2, 0.25) is 0 Å². The van der Waals surface area contributed by atoms with E-state index in [9.17, 15) is 9.59 Å². The van der Waals surface area contributed by atoms with Gasteiger partial charge in [0, 0.05) is 6.54 Å². The summed E-state index contributed by atoms with van der Waals surface area (Å²) in [6, 6.07) is -1.10. The Kier molecular flexibility index (Phi) is 5.07. The lowest BCUT2D eigenvalue weighted by molar-refractivity contribution is -0.139. The maximum absolute atomic E-state index is 11.1. The van der Waals surface area contributed by atoms with E-state index < -0.39 is 18.1 Å². The third-order valence-electron chi connectivity index (χ3n) is 1.46. The molecule has 0 unspecified atom stereocenters. The Labute approximate surface area is 88.8 Å². The summed E-state index contributed by atoms with van der Waals surface area (Å²) in [4.78, 5) is 21.6. The zero-order chi connectivity index (χ0) is 12.1. The summed E-state index contributed by atoms with van der Waals surface area (Å²) in [5, 5.41) is 10.8. The normalized spacial score (nSPS) is 13.1. The van der Waals surface area contributed by atoms with Crippen molar-refractivity contribution in [2.24, 2.45) is 11.1 Å². The van der Waals surface area contributed by atoms with Gasteiger partial charge in [-0.05, 0) is 5.41 Å². The molecule has 15 heavy (non-hydrogen) atoms. The number of carboxylic acid groups (broad SMARTS) is 1. The number of carbonyl (C=O) groups is 2. The van der Waals surface area contributed by atoms with E-state index in [4.69, 9.17) is 15.6 Å². The first-order valence-corrected chi connectivity index (χ1v) is 4.62. The maximum atomic E-state index is 11.1. The van der Waals surface area contributed by atoms with Gasteiger partial charge >= 0.3 is 12.1 Å². The average molecular weight is 218 g/mol. The molecule has 0 bridgehead atoms. The van der Waals surface area contributed by atoms with Crippen LogP contribution in [0.3, 0.4) is 0 Å². The molecule has 0 aliphatic rings. The zero-order valence-corrected chi connectivity index (χ0v) is 9.24. The molecule has 0 spiro atoms. The molecular formula is C9H18N2O4. The molecule has 0 rings (SSSR count). The minimum absolute atomic E-state index is 0.154. The molecule has 1 atom stereocenters. The SMILES string of the molecule is CC(C)(C)COC(=O)N[C@@H](CN)C(=O)O. The number of nitrogens with one attached hydrogen (secondary N) is 1. The molecule has 0 aliphatic carbocycles. The van der Waals surface area contributed by atoms with Crippen molar-refractivity contribution in [1.29, 1.82) is 0 Å². The van der Waals surface area contributed by atoms with Crippen LogP contribution in [0.4, 0.5) is 4.79 Å². The Balaban J connectivity index is 3.98. The fraction of sp³-hybridized carbons (Fsp3) is 0.778. The highest BCUT2D eigenvalue weighted by molar-refractivity contribution is 5.80. The molecule has 0 heterocycles. The van der Waals surface area contributed by atoms with Gasteiger partial charge in [-0.1, -0.05) is 20.8 Å². The van der Waals surface area contributed by atoms with Crippen molar-refractivity contribution in [3.8, 4) is 0 Å². The van der Waals surface area contributed by atoms with Gasteiger partial charge in [0.05, 0.1) is 6.61 Å². The Hall–Kier alpha value is -1.30. The highest BCUT2D eigenvalue weighted by atomic mass is 16.5. The highest BCUT2D eigenvalue weighted by Gasteiger charge is 2.20. The van der Waals surface area contributed by atoms with Crippen LogP contribution >= 0.6 is 0 Å². The smallest absolute Gasteiger partial charge is 0.407 e. The van der Waals surface area contributed by atoms with Gasteiger partial charge in [-0.3, -0.25) is 0 Å². The predicted octanol–water partition coefficient (Wildman–Crippen LogP) is 0.171. The topological polar surface area (TPSA) is 102 Å². The van der Waals surface area contributed by atoms with Gasteiger partial charge in [-0.25, -0.2) is 9.59 Å². The first-order valence-electron chi connectivity index (χ1n) is 4.62. The monoisotopic (exact) mass is 218 g/mol. The summed E-state index contributed by atoms with van der Waals surface area (Å²) in [7, 11) is 0. The number of amides is 1. The Morgan fingerprint density at radius 1 is 1.47 bits per heavy atom. The van der Waals surface area contributed by atoms with Crippen molar-refractivity contribution in [3.05, 3.63) is 0 Å². The van der Waals surface area contributed by atoms with Crippen molar-refractivity contribution in [1.82, 2.24) is 5.32 Å². The number of ether oxygens (including phenoxy) is 1. The fourth-order valence-corrected chi connectivity index (χ4v) is 0.687. The summed E-state index contributed by atoms with van der Waals surface area (Å²) in [5.41, 5.74) is 5.00. The average Bonchev–Trinajstić information content (AvgIpc) is 2.09. The van der Waals surface area contributed by atoms with Crippen LogP contribution in [0.5, 0.6) is 0 Å². The van der Waals surface area contributed by atoms with Crippen LogP contribution < -0.4 is 11.1 Å². The summed E-state index contributed by atoms with van der Waals surface area (Å²) in [6.45, 7) is 5.75. The molecule has 0 aliphatic heterocycles. The Morgan fingerprint density at radius 3 is 2.33 bits per heavy atom. The van der Waals surface area contributed by atoms with Gasteiger partial charge in [-0.2, -0.15) is 0 Å². The van der Waals surface area contributed by atoms with E-state index in [-0.39, 0.29) is 18.6 Å². The van der Waals surface area contributed by atoms with Crippen molar-refractivity contribution in [2.75, 3.05) is 13.2 Å². The molecule has 0 radical (unpaired) electrons. The second kappa shape index (κ2) is 5.55. The minimum Gasteiger partial charge on any atom is -0.480 e. The third kappa shape index (κ3) is 6.73. The van der Waals surface area contributed by atoms with E-state index in [1.165, 1.54) is 0 Å². The highest BCUT2D eigenvalue weighted by Crippen LogP contribution is 2.12. The molecule has 0 aromatic carbocycles. The van der Waals surface area contributed by atoms with Gasteiger partial charge in [0.15, 0.2) is 0 Å². The second-order valence-corrected chi connectivity index (χ2v) is 4.41. The summed E-state index contributed by atoms with van der Waals surface area (Å²) >= 11 is 0. The number of hydrogen-bond acceptors (Lipinski definition) is 4. The van der Waals surface area contributed by atoms with E-state index in [2.05, 4.69) is 5.32 Å². The molecule has 4 N–H and O–H groups in total. The quantitative estimate of drug-likeness (QED) is 0.624. The summed E-state index contributed by atoms with van der Waals surface area (Å²) < 4.78 is 4.82. The number of nitrogens with two attached hydrogens (primary N) is 1. The Morgan fingerprint density at radius 2 is 2.00 bits per heavy atom. The fourth-order valence-electron chi connectivity index (χ4n) is 0.687.